The first kappa shape index (κ1) is 18.1. The number of aromatic nitrogens is 2. The van der Waals surface area contributed by atoms with Crippen molar-refractivity contribution in [1.82, 2.24) is 19.6 Å². The summed E-state index contributed by atoms with van der Waals surface area (Å²) in [5.41, 5.74) is 0.620. The maximum atomic E-state index is 12.9. The second-order valence-corrected chi connectivity index (χ2v) is 8.44. The van der Waals surface area contributed by atoms with Crippen molar-refractivity contribution in [2.45, 2.75) is 12.5 Å². The number of hydrogen-bond acceptors (Lipinski definition) is 5. The standard InChI is InChI=1S/C17H20N4O4S/c1-3-8-18-16(22)15-19-14(13-6-4-5-9-21(13)15)17(23)20(2)12-7-10-26(24,25)11-12/h3-6,9,12H,1,7-8,10-11H2,2H3,(H,18,22). The van der Waals surface area contributed by atoms with Crippen LogP contribution in [0.15, 0.2) is 37.1 Å². The van der Waals surface area contributed by atoms with Crippen LogP contribution >= 0.6 is 0 Å². The van der Waals surface area contributed by atoms with Crippen molar-refractivity contribution in [3.8, 4) is 0 Å². The third-order valence-corrected chi connectivity index (χ3v) is 6.19. The molecule has 1 saturated heterocycles. The minimum Gasteiger partial charge on any atom is -0.346 e. The molecule has 2 amide bonds. The van der Waals surface area contributed by atoms with E-state index in [9.17, 15) is 18.0 Å². The molecule has 0 aromatic carbocycles. The number of carbonyl (C=O) groups excluding carboxylic acids is 2. The normalized spacial score (nSPS) is 18.6. The maximum absolute atomic E-state index is 12.9. The highest BCUT2D eigenvalue weighted by molar-refractivity contribution is 7.91. The zero-order valence-corrected chi connectivity index (χ0v) is 15.2. The Balaban J connectivity index is 1.96. The van der Waals surface area contributed by atoms with E-state index in [1.807, 2.05) is 0 Å². The van der Waals surface area contributed by atoms with Gasteiger partial charge in [0.2, 0.25) is 5.82 Å². The van der Waals surface area contributed by atoms with Crippen molar-refractivity contribution in [3.63, 3.8) is 0 Å². The Bertz CT molecular complexity index is 980. The summed E-state index contributed by atoms with van der Waals surface area (Å²) >= 11 is 0. The number of amides is 2. The summed E-state index contributed by atoms with van der Waals surface area (Å²) in [6, 6.07) is 4.80. The number of carbonyl (C=O) groups is 2. The third kappa shape index (κ3) is 3.34. The van der Waals surface area contributed by atoms with E-state index in [-0.39, 0.29) is 35.6 Å². The minimum absolute atomic E-state index is 0.0479. The summed E-state index contributed by atoms with van der Waals surface area (Å²) in [5.74, 6) is -0.699. The number of nitrogens with zero attached hydrogens (tertiary/aromatic N) is 3. The molecule has 8 nitrogen and oxygen atoms in total. The van der Waals surface area contributed by atoms with Crippen molar-refractivity contribution in [3.05, 3.63) is 48.6 Å². The highest BCUT2D eigenvalue weighted by Gasteiger charge is 2.34. The molecule has 1 atom stereocenters. The van der Waals surface area contributed by atoms with Gasteiger partial charge >= 0.3 is 0 Å². The molecule has 9 heteroatoms. The van der Waals surface area contributed by atoms with Crippen molar-refractivity contribution < 1.29 is 18.0 Å². The number of sulfone groups is 1. The zero-order chi connectivity index (χ0) is 18.9. The fraction of sp³-hybridized carbons (Fsp3) is 0.353. The van der Waals surface area contributed by atoms with Gasteiger partial charge in [0, 0.05) is 25.8 Å². The van der Waals surface area contributed by atoms with Crippen molar-refractivity contribution in [2.75, 3.05) is 25.1 Å². The summed E-state index contributed by atoms with van der Waals surface area (Å²) in [6.45, 7) is 3.83. The van der Waals surface area contributed by atoms with E-state index >= 15 is 0 Å². The number of fused-ring (bicyclic) bond motifs is 1. The van der Waals surface area contributed by atoms with E-state index < -0.39 is 21.7 Å². The molecule has 1 aliphatic heterocycles. The Labute approximate surface area is 151 Å². The van der Waals surface area contributed by atoms with Gasteiger partial charge in [-0.15, -0.1) is 6.58 Å². The van der Waals surface area contributed by atoms with Gasteiger partial charge in [-0.2, -0.15) is 0 Å². The molecule has 3 rings (SSSR count). The largest absolute Gasteiger partial charge is 0.346 e. The minimum atomic E-state index is -3.11. The molecule has 0 spiro atoms. The highest BCUT2D eigenvalue weighted by Crippen LogP contribution is 2.21. The number of hydrogen-bond donors (Lipinski definition) is 1. The van der Waals surface area contributed by atoms with Crippen LogP contribution in [0.3, 0.4) is 0 Å². The summed E-state index contributed by atoms with van der Waals surface area (Å²) in [7, 11) is -1.54. The molecular weight excluding hydrogens is 356 g/mol. The van der Waals surface area contributed by atoms with Gasteiger partial charge in [0.25, 0.3) is 11.8 Å². The van der Waals surface area contributed by atoms with Crippen molar-refractivity contribution in [2.24, 2.45) is 0 Å². The number of rotatable bonds is 5. The lowest BCUT2D eigenvalue weighted by atomic mass is 10.2. The molecule has 138 valence electrons. The van der Waals surface area contributed by atoms with Crippen LogP contribution in [0, 0.1) is 0 Å². The Hall–Kier alpha value is -2.68. The lowest BCUT2D eigenvalue weighted by molar-refractivity contribution is 0.0744. The van der Waals surface area contributed by atoms with Crippen LogP contribution in [0.1, 0.15) is 27.5 Å². The van der Waals surface area contributed by atoms with Crippen LogP contribution in [-0.4, -0.2) is 65.7 Å². The predicted molar refractivity (Wildman–Crippen MR) is 96.9 cm³/mol. The molecular formula is C17H20N4O4S. The molecule has 3 heterocycles. The molecule has 0 radical (unpaired) electrons. The molecule has 2 aromatic heterocycles. The summed E-state index contributed by atoms with van der Waals surface area (Å²) in [4.78, 5) is 30.9. The molecule has 26 heavy (non-hydrogen) atoms. The number of nitrogens with one attached hydrogen (secondary N) is 1. The maximum Gasteiger partial charge on any atom is 0.287 e. The van der Waals surface area contributed by atoms with Crippen LogP contribution in [0.5, 0.6) is 0 Å². The first-order valence-electron chi connectivity index (χ1n) is 8.18. The van der Waals surface area contributed by atoms with Crippen molar-refractivity contribution >= 4 is 27.2 Å². The smallest absolute Gasteiger partial charge is 0.287 e. The molecule has 1 aliphatic rings. The van der Waals surface area contributed by atoms with Gasteiger partial charge < -0.3 is 10.2 Å². The lowest BCUT2D eigenvalue weighted by Crippen LogP contribution is -2.38. The summed E-state index contributed by atoms with van der Waals surface area (Å²) in [5, 5.41) is 2.64. The summed E-state index contributed by atoms with van der Waals surface area (Å²) < 4.78 is 24.9. The lowest BCUT2D eigenvalue weighted by Gasteiger charge is -2.22. The first-order valence-corrected chi connectivity index (χ1v) is 10.00. The van der Waals surface area contributed by atoms with Gasteiger partial charge in [-0.3, -0.25) is 14.0 Å². The Morgan fingerprint density at radius 2 is 2.23 bits per heavy atom. The second-order valence-electron chi connectivity index (χ2n) is 6.21. The van der Waals surface area contributed by atoms with Gasteiger partial charge in [-0.05, 0) is 18.6 Å². The monoisotopic (exact) mass is 376 g/mol. The Kier molecular flexibility index (Phi) is 4.82. The molecule has 0 saturated carbocycles. The van der Waals surface area contributed by atoms with Crippen LogP contribution < -0.4 is 5.32 Å². The van der Waals surface area contributed by atoms with Gasteiger partial charge in [0.05, 0.1) is 17.0 Å². The van der Waals surface area contributed by atoms with Crippen LogP contribution in [-0.2, 0) is 9.84 Å². The van der Waals surface area contributed by atoms with Gasteiger partial charge in [0.15, 0.2) is 15.5 Å². The molecule has 0 aliphatic carbocycles. The van der Waals surface area contributed by atoms with Crippen molar-refractivity contribution in [1.29, 1.82) is 0 Å². The Morgan fingerprint density at radius 1 is 1.46 bits per heavy atom. The van der Waals surface area contributed by atoms with E-state index in [1.165, 1.54) is 4.90 Å². The average Bonchev–Trinajstić information content (AvgIpc) is 3.18. The quantitative estimate of drug-likeness (QED) is 0.766. The number of pyridine rings is 1. The van der Waals surface area contributed by atoms with Gasteiger partial charge in [0.1, 0.15) is 0 Å². The molecule has 1 fully saturated rings. The SMILES string of the molecule is C=CCNC(=O)c1nc(C(=O)N(C)C2CCS(=O)(=O)C2)c2ccccn12. The van der Waals surface area contributed by atoms with E-state index in [4.69, 9.17) is 0 Å². The van der Waals surface area contributed by atoms with Gasteiger partial charge in [-0.1, -0.05) is 12.1 Å². The third-order valence-electron chi connectivity index (χ3n) is 4.44. The molecule has 2 aromatic rings. The second kappa shape index (κ2) is 6.91. The van der Waals surface area contributed by atoms with Crippen LogP contribution in [0.2, 0.25) is 0 Å². The zero-order valence-electron chi connectivity index (χ0n) is 14.4. The van der Waals surface area contributed by atoms with E-state index in [2.05, 4.69) is 16.9 Å². The topological polar surface area (TPSA) is 101 Å². The first-order chi connectivity index (χ1) is 12.3. The number of imidazole rings is 1. The van der Waals surface area contributed by atoms with Gasteiger partial charge in [-0.25, -0.2) is 13.4 Å². The average molecular weight is 376 g/mol. The van der Waals surface area contributed by atoms with E-state index in [1.54, 1.807) is 41.9 Å². The van der Waals surface area contributed by atoms with Crippen LogP contribution in [0.4, 0.5) is 0 Å². The van der Waals surface area contributed by atoms with Crippen LogP contribution in [0.25, 0.3) is 5.52 Å². The predicted octanol–water partition coefficient (Wildman–Crippen LogP) is 0.509. The fourth-order valence-electron chi connectivity index (χ4n) is 3.01. The highest BCUT2D eigenvalue weighted by atomic mass is 32.2. The molecule has 1 unspecified atom stereocenters. The molecule has 0 bridgehead atoms. The van der Waals surface area contributed by atoms with E-state index in [0.29, 0.717) is 11.9 Å². The summed E-state index contributed by atoms with van der Waals surface area (Å²) in [6.07, 6.45) is 3.61. The molecule has 1 N–H and O–H groups in total. The Morgan fingerprint density at radius 3 is 2.88 bits per heavy atom. The fourth-order valence-corrected chi connectivity index (χ4v) is 4.79. The van der Waals surface area contributed by atoms with E-state index in [0.717, 1.165) is 0 Å².